The molecule has 1 heterocycles. The third kappa shape index (κ3) is 1.64. The molecule has 0 bridgehead atoms. The highest BCUT2D eigenvalue weighted by atomic mass is 19.1. The van der Waals surface area contributed by atoms with Crippen LogP contribution in [-0.4, -0.2) is 17.3 Å². The molecule has 0 spiro atoms. The fourth-order valence-electron chi connectivity index (χ4n) is 1.49. The van der Waals surface area contributed by atoms with Crippen LogP contribution in [0.25, 0.3) is 0 Å². The van der Waals surface area contributed by atoms with E-state index >= 15 is 0 Å². The first-order valence-corrected chi connectivity index (χ1v) is 4.74. The summed E-state index contributed by atoms with van der Waals surface area (Å²) in [6.07, 6.45) is -0.00370. The fraction of sp³-hybridized carbons (Fsp3) is 0.273. The van der Waals surface area contributed by atoms with Gasteiger partial charge in [-0.3, -0.25) is 0 Å². The Morgan fingerprint density at radius 1 is 1.56 bits per heavy atom. The number of benzene rings is 1. The van der Waals surface area contributed by atoms with Crippen molar-refractivity contribution in [2.45, 2.75) is 18.9 Å². The largest absolute Gasteiger partial charge is 0.546 e. The van der Waals surface area contributed by atoms with Gasteiger partial charge in [-0.05, 0) is 13.0 Å². The Morgan fingerprint density at radius 3 is 2.81 bits per heavy atom. The van der Waals surface area contributed by atoms with E-state index < -0.39 is 17.4 Å². The first kappa shape index (κ1) is 10.6. The Balaban J connectivity index is 2.28. The summed E-state index contributed by atoms with van der Waals surface area (Å²) in [5, 5.41) is 14.4. The van der Waals surface area contributed by atoms with Crippen LogP contribution in [0.3, 0.4) is 0 Å². The molecule has 0 amide bonds. The van der Waals surface area contributed by atoms with E-state index in [-0.39, 0.29) is 17.7 Å². The molecule has 1 aromatic rings. The number of hydrogen-bond acceptors (Lipinski definition) is 4. The molecule has 0 aliphatic carbocycles. The van der Waals surface area contributed by atoms with E-state index in [2.05, 4.69) is 5.16 Å². The zero-order valence-electron chi connectivity index (χ0n) is 8.57. The molecule has 0 aromatic heterocycles. The molecule has 1 aliphatic heterocycles. The molecule has 0 saturated carbocycles. The van der Waals surface area contributed by atoms with Crippen LogP contribution in [0.2, 0.25) is 0 Å². The van der Waals surface area contributed by atoms with Crippen LogP contribution in [0, 0.1) is 5.82 Å². The van der Waals surface area contributed by atoms with Crippen molar-refractivity contribution in [3.05, 3.63) is 35.6 Å². The smallest absolute Gasteiger partial charge is 0.179 e. The second-order valence-electron chi connectivity index (χ2n) is 3.80. The van der Waals surface area contributed by atoms with Crippen molar-refractivity contribution in [3.8, 4) is 0 Å². The molecule has 84 valence electrons. The van der Waals surface area contributed by atoms with Crippen molar-refractivity contribution in [2.24, 2.45) is 5.16 Å². The average Bonchev–Trinajstić information content (AvgIpc) is 2.63. The Hall–Kier alpha value is -1.91. The zero-order chi connectivity index (χ0) is 11.8. The average molecular weight is 222 g/mol. The van der Waals surface area contributed by atoms with Gasteiger partial charge in [-0.1, -0.05) is 23.4 Å². The molecule has 4 nitrogen and oxygen atoms in total. The van der Waals surface area contributed by atoms with Crippen molar-refractivity contribution in [3.63, 3.8) is 0 Å². The van der Waals surface area contributed by atoms with Gasteiger partial charge in [-0.25, -0.2) is 4.39 Å². The summed E-state index contributed by atoms with van der Waals surface area (Å²) in [5.74, 6) is -1.81. The Morgan fingerprint density at radius 2 is 2.25 bits per heavy atom. The van der Waals surface area contributed by atoms with Gasteiger partial charge in [0.2, 0.25) is 0 Å². The highest BCUT2D eigenvalue weighted by Crippen LogP contribution is 2.26. The van der Waals surface area contributed by atoms with Crippen molar-refractivity contribution < 1.29 is 19.1 Å². The van der Waals surface area contributed by atoms with Crippen LogP contribution in [0.15, 0.2) is 29.4 Å². The number of carbonyl (C=O) groups excluding carboxylic acids is 1. The summed E-state index contributed by atoms with van der Waals surface area (Å²) < 4.78 is 13.4. The molecule has 0 fully saturated rings. The molecule has 5 heteroatoms. The number of aliphatic carboxylic acids is 1. The molecule has 16 heavy (non-hydrogen) atoms. The molecule has 0 saturated heterocycles. The van der Waals surface area contributed by atoms with E-state index in [9.17, 15) is 14.3 Å². The first-order valence-electron chi connectivity index (χ1n) is 4.74. The van der Waals surface area contributed by atoms with Crippen molar-refractivity contribution in [1.82, 2.24) is 0 Å². The molecular formula is C11H9FNO3-. The maximum Gasteiger partial charge on any atom is 0.179 e. The minimum Gasteiger partial charge on any atom is -0.546 e. The second kappa shape index (κ2) is 3.59. The van der Waals surface area contributed by atoms with Crippen molar-refractivity contribution in [2.75, 3.05) is 0 Å². The molecule has 1 atom stereocenters. The van der Waals surface area contributed by atoms with Crippen LogP contribution in [0.5, 0.6) is 0 Å². The number of carbonyl (C=O) groups is 1. The molecule has 2 rings (SSSR count). The molecular weight excluding hydrogens is 213 g/mol. The quantitative estimate of drug-likeness (QED) is 0.730. The lowest BCUT2D eigenvalue weighted by molar-refractivity contribution is -0.324. The van der Waals surface area contributed by atoms with Gasteiger partial charge < -0.3 is 14.7 Å². The van der Waals surface area contributed by atoms with Crippen molar-refractivity contribution >= 4 is 11.7 Å². The predicted octanol–water partition coefficient (Wildman–Crippen LogP) is 0.459. The van der Waals surface area contributed by atoms with E-state index in [0.717, 1.165) is 0 Å². The SMILES string of the molecule is C[C@]1(C(=O)[O-])CC(c2ccccc2F)=NO1. The van der Waals surface area contributed by atoms with E-state index in [1.165, 1.54) is 19.1 Å². The number of halogens is 1. The Labute approximate surface area is 91.3 Å². The number of oxime groups is 1. The van der Waals surface area contributed by atoms with Gasteiger partial charge in [-0.2, -0.15) is 0 Å². The predicted molar refractivity (Wildman–Crippen MR) is 52.1 cm³/mol. The standard InChI is InChI=1S/C11H10FNO3/c1-11(10(14)15)6-9(13-16-11)7-4-2-3-5-8(7)12/h2-5H,6H2,1H3,(H,14,15)/p-1/t11-/m1/s1. The summed E-state index contributed by atoms with van der Waals surface area (Å²) in [4.78, 5) is 15.6. The van der Waals surface area contributed by atoms with E-state index in [1.54, 1.807) is 12.1 Å². The van der Waals surface area contributed by atoms with Gasteiger partial charge in [0.05, 0.1) is 11.7 Å². The third-order valence-corrected chi connectivity index (χ3v) is 2.48. The number of carboxylic acid groups (broad SMARTS) is 1. The Bertz CT molecular complexity index is 472. The number of rotatable bonds is 2. The maximum absolute atomic E-state index is 13.4. The van der Waals surface area contributed by atoms with E-state index in [0.29, 0.717) is 0 Å². The fourth-order valence-corrected chi connectivity index (χ4v) is 1.49. The highest BCUT2D eigenvalue weighted by molar-refractivity contribution is 6.04. The van der Waals surface area contributed by atoms with Crippen LogP contribution in [0.1, 0.15) is 18.9 Å². The summed E-state index contributed by atoms with van der Waals surface area (Å²) >= 11 is 0. The molecule has 1 aromatic carbocycles. The van der Waals surface area contributed by atoms with Crippen LogP contribution >= 0.6 is 0 Å². The van der Waals surface area contributed by atoms with Gasteiger partial charge in [0, 0.05) is 12.0 Å². The van der Waals surface area contributed by atoms with E-state index in [1.807, 2.05) is 0 Å². The summed E-state index contributed by atoms with van der Waals surface area (Å²) in [6.45, 7) is 1.35. The van der Waals surface area contributed by atoms with Crippen LogP contribution in [0.4, 0.5) is 4.39 Å². The maximum atomic E-state index is 13.4. The lowest BCUT2D eigenvalue weighted by atomic mass is 9.96. The van der Waals surface area contributed by atoms with Crippen LogP contribution in [-0.2, 0) is 9.63 Å². The molecule has 0 radical (unpaired) electrons. The molecule has 0 unspecified atom stereocenters. The molecule has 0 N–H and O–H groups in total. The normalized spacial score (nSPS) is 23.8. The summed E-state index contributed by atoms with van der Waals surface area (Å²) in [5.41, 5.74) is -0.963. The van der Waals surface area contributed by atoms with Crippen molar-refractivity contribution in [1.29, 1.82) is 0 Å². The highest BCUT2D eigenvalue weighted by Gasteiger charge is 2.36. The molecule has 1 aliphatic rings. The summed E-state index contributed by atoms with van der Waals surface area (Å²) in [7, 11) is 0. The minimum absolute atomic E-state index is 0.00370. The number of hydrogen-bond donors (Lipinski definition) is 0. The lowest BCUT2D eigenvalue weighted by Crippen LogP contribution is -2.46. The van der Waals surface area contributed by atoms with E-state index in [4.69, 9.17) is 4.84 Å². The number of nitrogens with zero attached hydrogens (tertiary/aromatic N) is 1. The third-order valence-electron chi connectivity index (χ3n) is 2.48. The van der Waals surface area contributed by atoms with Gasteiger partial charge in [-0.15, -0.1) is 0 Å². The minimum atomic E-state index is -1.50. The zero-order valence-corrected chi connectivity index (χ0v) is 8.57. The second-order valence-corrected chi connectivity index (χ2v) is 3.80. The van der Waals surface area contributed by atoms with Gasteiger partial charge in [0.15, 0.2) is 5.60 Å². The van der Waals surface area contributed by atoms with Gasteiger partial charge in [0.1, 0.15) is 5.82 Å². The van der Waals surface area contributed by atoms with Crippen LogP contribution < -0.4 is 5.11 Å². The van der Waals surface area contributed by atoms with Gasteiger partial charge in [0.25, 0.3) is 0 Å². The van der Waals surface area contributed by atoms with Gasteiger partial charge >= 0.3 is 0 Å². The number of carboxylic acids is 1. The first-order chi connectivity index (χ1) is 7.53. The monoisotopic (exact) mass is 222 g/mol. The lowest BCUT2D eigenvalue weighted by Gasteiger charge is -2.21. The summed E-state index contributed by atoms with van der Waals surface area (Å²) in [6, 6.07) is 6.01. The Kier molecular flexibility index (Phi) is 2.38. The topological polar surface area (TPSA) is 61.7 Å².